The second kappa shape index (κ2) is 4.84. The van der Waals surface area contributed by atoms with Gasteiger partial charge in [-0.25, -0.2) is 0 Å². The Balaban J connectivity index is 3.45. The maximum Gasteiger partial charge on any atom is 0.255 e. The van der Waals surface area contributed by atoms with Crippen molar-refractivity contribution < 1.29 is 0 Å². The van der Waals surface area contributed by atoms with Crippen molar-refractivity contribution in [3.8, 4) is 0 Å². The summed E-state index contributed by atoms with van der Waals surface area (Å²) in [6.07, 6.45) is 0. The molecule has 1 aromatic rings. The predicted molar refractivity (Wildman–Crippen MR) is 64.7 cm³/mol. The molecule has 0 aromatic carbocycles. The fourth-order valence-corrected chi connectivity index (χ4v) is 1.92. The quantitative estimate of drug-likeness (QED) is 0.727. The van der Waals surface area contributed by atoms with Crippen LogP contribution in [0.5, 0.6) is 0 Å². The van der Waals surface area contributed by atoms with Gasteiger partial charge in [-0.3, -0.25) is 4.79 Å². The maximum atomic E-state index is 12.0. The Morgan fingerprint density at radius 1 is 1.27 bits per heavy atom. The molecule has 0 amide bonds. The van der Waals surface area contributed by atoms with Crippen LogP contribution in [-0.2, 0) is 5.88 Å². The Kier molecular flexibility index (Phi) is 3.97. The molecule has 0 atom stereocenters. The molecule has 0 aliphatic rings. The van der Waals surface area contributed by atoms with E-state index < -0.39 is 0 Å². The third kappa shape index (κ3) is 2.43. The molecule has 1 aromatic heterocycles. The first-order chi connectivity index (χ1) is 6.99. The molecule has 3 heteroatoms. The lowest BCUT2D eigenvalue weighted by molar-refractivity contribution is 0.532. The molecule has 0 aliphatic carbocycles. The van der Waals surface area contributed by atoms with Crippen LogP contribution in [0.2, 0.25) is 0 Å². The third-order valence-electron chi connectivity index (χ3n) is 2.48. The van der Waals surface area contributed by atoms with Crippen LogP contribution in [0.25, 0.3) is 0 Å². The average Bonchev–Trinajstić information content (AvgIpc) is 2.16. The zero-order valence-electron chi connectivity index (χ0n) is 9.75. The first kappa shape index (κ1) is 12.3. The second-order valence-electron chi connectivity index (χ2n) is 4.34. The minimum Gasteiger partial charge on any atom is -0.310 e. The van der Waals surface area contributed by atoms with Crippen molar-refractivity contribution in [3.63, 3.8) is 0 Å². The fourth-order valence-electron chi connectivity index (χ4n) is 1.71. The minimum absolute atomic E-state index is 0.0474. The molecule has 1 rings (SSSR count). The summed E-state index contributed by atoms with van der Waals surface area (Å²) in [5.41, 5.74) is 1.80. The summed E-state index contributed by atoms with van der Waals surface area (Å²) in [6.45, 7) is 8.22. The molecular formula is C12H18ClNO. The standard InChI is InChI=1S/C12H18ClNO/c1-8(2)11-6-5-10(7-13)12(15)14(11)9(3)4/h5-6,8-9H,7H2,1-4H3. The molecule has 84 valence electrons. The molecule has 0 aliphatic heterocycles. The first-order valence-corrected chi connectivity index (χ1v) is 5.82. The zero-order chi connectivity index (χ0) is 11.6. The lowest BCUT2D eigenvalue weighted by atomic mass is 10.1. The number of aromatic nitrogens is 1. The van der Waals surface area contributed by atoms with Gasteiger partial charge >= 0.3 is 0 Å². The van der Waals surface area contributed by atoms with Crippen LogP contribution in [-0.4, -0.2) is 4.57 Å². The van der Waals surface area contributed by atoms with Crippen molar-refractivity contribution in [2.75, 3.05) is 0 Å². The van der Waals surface area contributed by atoms with Gasteiger partial charge in [0.05, 0.1) is 5.88 Å². The Labute approximate surface area is 95.9 Å². The van der Waals surface area contributed by atoms with Gasteiger partial charge in [-0.15, -0.1) is 11.6 Å². The molecule has 15 heavy (non-hydrogen) atoms. The van der Waals surface area contributed by atoms with Gasteiger partial charge in [0, 0.05) is 17.3 Å². The maximum absolute atomic E-state index is 12.0. The van der Waals surface area contributed by atoms with E-state index in [4.69, 9.17) is 11.6 Å². The van der Waals surface area contributed by atoms with Crippen molar-refractivity contribution in [3.05, 3.63) is 33.7 Å². The summed E-state index contributed by atoms with van der Waals surface area (Å²) in [6, 6.07) is 4.02. The van der Waals surface area contributed by atoms with Crippen LogP contribution in [0.1, 0.15) is 50.9 Å². The highest BCUT2D eigenvalue weighted by atomic mass is 35.5. The highest BCUT2D eigenvalue weighted by Crippen LogP contribution is 2.17. The summed E-state index contributed by atoms with van der Waals surface area (Å²) in [4.78, 5) is 12.0. The van der Waals surface area contributed by atoms with E-state index in [1.54, 1.807) is 0 Å². The summed E-state index contributed by atoms with van der Waals surface area (Å²) in [5.74, 6) is 0.633. The van der Waals surface area contributed by atoms with Crippen LogP contribution in [0.3, 0.4) is 0 Å². The van der Waals surface area contributed by atoms with Gasteiger partial charge in [-0.05, 0) is 25.8 Å². The molecule has 0 saturated heterocycles. The molecule has 0 fully saturated rings. The topological polar surface area (TPSA) is 22.0 Å². The summed E-state index contributed by atoms with van der Waals surface area (Å²) < 4.78 is 1.84. The molecule has 0 saturated carbocycles. The van der Waals surface area contributed by atoms with Crippen molar-refractivity contribution in [1.82, 2.24) is 4.57 Å². The van der Waals surface area contributed by atoms with E-state index in [1.165, 1.54) is 0 Å². The molecule has 0 radical (unpaired) electrons. The average molecular weight is 228 g/mol. The number of pyridine rings is 1. The fraction of sp³-hybridized carbons (Fsp3) is 0.583. The summed E-state index contributed by atoms with van der Waals surface area (Å²) in [5, 5.41) is 0. The van der Waals surface area contributed by atoms with Gasteiger partial charge in [0.1, 0.15) is 0 Å². The van der Waals surface area contributed by atoms with Crippen LogP contribution in [0.4, 0.5) is 0 Å². The van der Waals surface area contributed by atoms with E-state index >= 15 is 0 Å². The first-order valence-electron chi connectivity index (χ1n) is 5.29. The smallest absolute Gasteiger partial charge is 0.255 e. The molecule has 0 bridgehead atoms. The van der Waals surface area contributed by atoms with Crippen LogP contribution in [0, 0.1) is 0 Å². The van der Waals surface area contributed by atoms with Crippen molar-refractivity contribution in [2.45, 2.75) is 45.5 Å². The van der Waals surface area contributed by atoms with Crippen LogP contribution in [0.15, 0.2) is 16.9 Å². The van der Waals surface area contributed by atoms with Crippen molar-refractivity contribution >= 4 is 11.6 Å². The van der Waals surface area contributed by atoms with Crippen LogP contribution < -0.4 is 5.56 Å². The van der Waals surface area contributed by atoms with E-state index in [1.807, 2.05) is 30.5 Å². The Morgan fingerprint density at radius 3 is 2.27 bits per heavy atom. The molecule has 0 N–H and O–H groups in total. The van der Waals surface area contributed by atoms with Crippen molar-refractivity contribution in [2.24, 2.45) is 0 Å². The Morgan fingerprint density at radius 2 is 1.87 bits per heavy atom. The SMILES string of the molecule is CC(C)c1ccc(CCl)c(=O)n1C(C)C. The van der Waals surface area contributed by atoms with E-state index in [0.29, 0.717) is 11.5 Å². The largest absolute Gasteiger partial charge is 0.310 e. The van der Waals surface area contributed by atoms with Gasteiger partial charge < -0.3 is 4.57 Å². The number of halogens is 1. The highest BCUT2D eigenvalue weighted by Gasteiger charge is 2.12. The highest BCUT2D eigenvalue weighted by molar-refractivity contribution is 6.17. The van der Waals surface area contributed by atoms with Crippen LogP contribution >= 0.6 is 11.6 Å². The lowest BCUT2D eigenvalue weighted by Gasteiger charge is -2.19. The second-order valence-corrected chi connectivity index (χ2v) is 4.61. The number of rotatable bonds is 3. The minimum atomic E-state index is 0.0474. The van der Waals surface area contributed by atoms with Crippen molar-refractivity contribution in [1.29, 1.82) is 0 Å². The van der Waals surface area contributed by atoms with Gasteiger partial charge in [-0.1, -0.05) is 19.9 Å². The van der Waals surface area contributed by atoms with Gasteiger partial charge in [-0.2, -0.15) is 0 Å². The van der Waals surface area contributed by atoms with E-state index in [9.17, 15) is 4.79 Å². The Hall–Kier alpha value is -0.760. The van der Waals surface area contributed by atoms with E-state index in [0.717, 1.165) is 5.69 Å². The van der Waals surface area contributed by atoms with Gasteiger partial charge in [0.15, 0.2) is 0 Å². The molecule has 1 heterocycles. The third-order valence-corrected chi connectivity index (χ3v) is 2.77. The Bertz CT molecular complexity index is 393. The van der Waals surface area contributed by atoms with Gasteiger partial charge in [0.25, 0.3) is 5.56 Å². The molecule has 0 unspecified atom stereocenters. The summed E-state index contributed by atoms with van der Waals surface area (Å²) in [7, 11) is 0. The number of hydrogen-bond donors (Lipinski definition) is 0. The summed E-state index contributed by atoms with van der Waals surface area (Å²) >= 11 is 5.73. The van der Waals surface area contributed by atoms with E-state index in [-0.39, 0.29) is 17.5 Å². The molecule has 0 spiro atoms. The monoisotopic (exact) mass is 227 g/mol. The number of alkyl halides is 1. The number of hydrogen-bond acceptors (Lipinski definition) is 1. The van der Waals surface area contributed by atoms with Gasteiger partial charge in [0.2, 0.25) is 0 Å². The molecule has 2 nitrogen and oxygen atoms in total. The lowest BCUT2D eigenvalue weighted by Crippen LogP contribution is -2.28. The predicted octanol–water partition coefficient (Wildman–Crippen LogP) is 3.29. The number of nitrogens with zero attached hydrogens (tertiary/aromatic N) is 1. The van der Waals surface area contributed by atoms with E-state index in [2.05, 4.69) is 13.8 Å². The normalized spacial score (nSPS) is 11.4. The molecular weight excluding hydrogens is 210 g/mol. The zero-order valence-corrected chi connectivity index (χ0v) is 10.5.